The minimum atomic E-state index is -0.747. The predicted molar refractivity (Wildman–Crippen MR) is 82.1 cm³/mol. The number of hydrogen-bond acceptors (Lipinski definition) is 4. The van der Waals surface area contributed by atoms with Gasteiger partial charge in [-0.15, -0.1) is 0 Å². The molecule has 0 spiro atoms. The normalized spacial score (nSPS) is 11.3. The average molecular weight is 289 g/mol. The van der Waals surface area contributed by atoms with Crippen molar-refractivity contribution < 1.29 is 4.79 Å². The number of amides is 1. The number of primary amides is 1. The molecule has 6 heteroatoms. The fourth-order valence-electron chi connectivity index (χ4n) is 2.20. The van der Waals surface area contributed by atoms with E-state index in [4.69, 9.17) is 11.0 Å². The van der Waals surface area contributed by atoms with Crippen molar-refractivity contribution in [1.82, 2.24) is 15.0 Å². The van der Waals surface area contributed by atoms with Crippen molar-refractivity contribution in [3.05, 3.63) is 54.0 Å². The van der Waals surface area contributed by atoms with Crippen LogP contribution in [-0.4, -0.2) is 20.9 Å². The maximum atomic E-state index is 11.1. The number of rotatable bonds is 3. The maximum Gasteiger partial charge on any atom is 0.259 e. The molecule has 0 unspecified atom stereocenters. The monoisotopic (exact) mass is 289 g/mol. The van der Waals surface area contributed by atoms with E-state index in [1.54, 1.807) is 18.3 Å². The Bertz CT molecular complexity index is 933. The van der Waals surface area contributed by atoms with Crippen LogP contribution in [0.5, 0.6) is 0 Å². The maximum absolute atomic E-state index is 11.1. The molecule has 3 aromatic rings. The average Bonchev–Trinajstić information content (AvgIpc) is 3.01. The van der Waals surface area contributed by atoms with Gasteiger partial charge in [-0.25, -0.2) is 9.97 Å². The third-order valence-corrected chi connectivity index (χ3v) is 3.21. The molecule has 3 rings (SSSR count). The smallest absolute Gasteiger partial charge is 0.259 e. The van der Waals surface area contributed by atoms with E-state index in [0.29, 0.717) is 5.56 Å². The van der Waals surface area contributed by atoms with Crippen LogP contribution in [0.4, 0.5) is 0 Å². The molecular weight excluding hydrogens is 278 g/mol. The van der Waals surface area contributed by atoms with Crippen LogP contribution in [0.3, 0.4) is 0 Å². The van der Waals surface area contributed by atoms with Crippen LogP contribution >= 0.6 is 0 Å². The summed E-state index contributed by atoms with van der Waals surface area (Å²) < 4.78 is 0. The van der Waals surface area contributed by atoms with Gasteiger partial charge in [0.25, 0.3) is 5.91 Å². The standard InChI is InChI=1S/C16H11N5O/c17-8-12(15(18)22)7-10-2-1-3-11(6-10)14-13-4-5-19-16(13)21-9-20-14/h1-7,9H,(H2,18,22)(H,19,20,21). The van der Waals surface area contributed by atoms with Crippen LogP contribution in [-0.2, 0) is 4.79 Å². The summed E-state index contributed by atoms with van der Waals surface area (Å²) >= 11 is 0. The van der Waals surface area contributed by atoms with Crippen LogP contribution in [0.25, 0.3) is 28.4 Å². The minimum Gasteiger partial charge on any atom is -0.365 e. The number of carbonyl (C=O) groups excluding carboxylic acids is 1. The summed E-state index contributed by atoms with van der Waals surface area (Å²) in [6.07, 6.45) is 4.75. The number of H-pyrrole nitrogens is 1. The van der Waals surface area contributed by atoms with Crippen molar-refractivity contribution in [1.29, 1.82) is 5.26 Å². The Labute approximate surface area is 125 Å². The topological polar surface area (TPSA) is 108 Å². The van der Waals surface area contributed by atoms with Crippen LogP contribution < -0.4 is 5.73 Å². The van der Waals surface area contributed by atoms with E-state index in [1.807, 2.05) is 24.3 Å². The first-order chi connectivity index (χ1) is 10.7. The molecule has 0 radical (unpaired) electrons. The lowest BCUT2D eigenvalue weighted by Crippen LogP contribution is -2.12. The van der Waals surface area contributed by atoms with E-state index >= 15 is 0 Å². The highest BCUT2D eigenvalue weighted by atomic mass is 16.1. The summed E-state index contributed by atoms with van der Waals surface area (Å²) in [5, 5.41) is 9.82. The summed E-state index contributed by atoms with van der Waals surface area (Å²) in [4.78, 5) is 22.6. The lowest BCUT2D eigenvalue weighted by atomic mass is 10.0. The Balaban J connectivity index is 2.11. The Morgan fingerprint density at radius 1 is 1.32 bits per heavy atom. The van der Waals surface area contributed by atoms with Gasteiger partial charge in [0.2, 0.25) is 0 Å². The first-order valence-electron chi connectivity index (χ1n) is 6.49. The first-order valence-corrected chi connectivity index (χ1v) is 6.49. The molecule has 0 bridgehead atoms. The van der Waals surface area contributed by atoms with Gasteiger partial charge in [0.05, 0.1) is 5.69 Å². The molecule has 0 saturated heterocycles. The zero-order chi connectivity index (χ0) is 15.5. The van der Waals surface area contributed by atoms with Gasteiger partial charge in [-0.05, 0) is 23.8 Å². The molecular formula is C16H11N5O. The van der Waals surface area contributed by atoms with Gasteiger partial charge in [0.1, 0.15) is 23.6 Å². The summed E-state index contributed by atoms with van der Waals surface area (Å²) in [5.74, 6) is -0.747. The zero-order valence-electron chi connectivity index (χ0n) is 11.4. The molecule has 106 valence electrons. The van der Waals surface area contributed by atoms with Crippen molar-refractivity contribution >= 4 is 23.0 Å². The molecule has 22 heavy (non-hydrogen) atoms. The fraction of sp³-hybridized carbons (Fsp3) is 0. The van der Waals surface area contributed by atoms with Crippen molar-refractivity contribution in [2.45, 2.75) is 0 Å². The largest absolute Gasteiger partial charge is 0.365 e. The van der Waals surface area contributed by atoms with E-state index in [-0.39, 0.29) is 5.57 Å². The molecule has 0 saturated carbocycles. The van der Waals surface area contributed by atoms with E-state index in [1.165, 1.54) is 12.4 Å². The summed E-state index contributed by atoms with van der Waals surface area (Å²) in [6.45, 7) is 0. The number of carbonyl (C=O) groups is 1. The summed E-state index contributed by atoms with van der Waals surface area (Å²) in [5.41, 5.74) is 8.15. The number of hydrogen-bond donors (Lipinski definition) is 2. The zero-order valence-corrected chi connectivity index (χ0v) is 11.4. The van der Waals surface area contributed by atoms with Crippen molar-refractivity contribution in [3.63, 3.8) is 0 Å². The molecule has 6 nitrogen and oxygen atoms in total. The third kappa shape index (κ3) is 2.43. The number of aromatic amines is 1. The molecule has 0 aliphatic heterocycles. The van der Waals surface area contributed by atoms with E-state index in [0.717, 1.165) is 22.3 Å². The highest BCUT2D eigenvalue weighted by Crippen LogP contribution is 2.25. The van der Waals surface area contributed by atoms with Crippen molar-refractivity contribution in [2.75, 3.05) is 0 Å². The van der Waals surface area contributed by atoms with Gasteiger partial charge in [0, 0.05) is 17.1 Å². The van der Waals surface area contributed by atoms with Crippen LogP contribution in [0, 0.1) is 11.3 Å². The second kappa shape index (κ2) is 5.50. The minimum absolute atomic E-state index is 0.0911. The second-order valence-corrected chi connectivity index (χ2v) is 4.62. The van der Waals surface area contributed by atoms with Crippen LogP contribution in [0.1, 0.15) is 5.56 Å². The predicted octanol–water partition coefficient (Wildman–Crippen LogP) is 2.02. The Morgan fingerprint density at radius 2 is 2.18 bits per heavy atom. The highest BCUT2D eigenvalue weighted by molar-refractivity contribution is 6.00. The molecule has 2 aromatic heterocycles. The van der Waals surface area contributed by atoms with E-state index in [9.17, 15) is 4.79 Å². The second-order valence-electron chi connectivity index (χ2n) is 4.62. The number of nitriles is 1. The first kappa shape index (κ1) is 13.5. The van der Waals surface area contributed by atoms with Gasteiger partial charge in [0.15, 0.2) is 0 Å². The van der Waals surface area contributed by atoms with Gasteiger partial charge in [-0.3, -0.25) is 4.79 Å². The number of nitrogens with one attached hydrogen (secondary N) is 1. The number of aromatic nitrogens is 3. The molecule has 2 heterocycles. The van der Waals surface area contributed by atoms with Gasteiger partial charge in [-0.2, -0.15) is 5.26 Å². The molecule has 3 N–H and O–H groups in total. The quantitative estimate of drug-likeness (QED) is 0.567. The molecule has 0 aliphatic carbocycles. The van der Waals surface area contributed by atoms with E-state index in [2.05, 4.69) is 15.0 Å². The number of fused-ring (bicyclic) bond motifs is 1. The lowest BCUT2D eigenvalue weighted by Gasteiger charge is -2.04. The van der Waals surface area contributed by atoms with Gasteiger partial charge in [-0.1, -0.05) is 18.2 Å². The van der Waals surface area contributed by atoms with Gasteiger partial charge >= 0.3 is 0 Å². The molecule has 1 aromatic carbocycles. The number of benzene rings is 1. The van der Waals surface area contributed by atoms with Gasteiger partial charge < -0.3 is 10.7 Å². The summed E-state index contributed by atoms with van der Waals surface area (Å²) in [7, 11) is 0. The van der Waals surface area contributed by atoms with Crippen LogP contribution in [0.2, 0.25) is 0 Å². The third-order valence-electron chi connectivity index (χ3n) is 3.21. The summed E-state index contributed by atoms with van der Waals surface area (Å²) in [6, 6.07) is 11.1. The lowest BCUT2D eigenvalue weighted by molar-refractivity contribution is -0.114. The fourth-order valence-corrected chi connectivity index (χ4v) is 2.20. The Hall–Kier alpha value is -3.46. The molecule has 0 atom stereocenters. The Kier molecular flexibility index (Phi) is 3.38. The number of nitrogens with two attached hydrogens (primary N) is 1. The molecule has 1 amide bonds. The van der Waals surface area contributed by atoms with Crippen molar-refractivity contribution in [3.8, 4) is 17.3 Å². The van der Waals surface area contributed by atoms with Crippen LogP contribution in [0.15, 0.2) is 48.4 Å². The SMILES string of the molecule is N#CC(=Cc1cccc(-c2ncnc3[nH]ccc23)c1)C(N)=O. The van der Waals surface area contributed by atoms with E-state index < -0.39 is 5.91 Å². The highest BCUT2D eigenvalue weighted by Gasteiger charge is 2.08. The molecule has 0 fully saturated rings. The van der Waals surface area contributed by atoms with Crippen molar-refractivity contribution in [2.24, 2.45) is 5.73 Å². The Morgan fingerprint density at radius 3 is 2.95 bits per heavy atom. The molecule has 0 aliphatic rings. The number of nitrogens with zero attached hydrogens (tertiary/aromatic N) is 3.